The Morgan fingerprint density at radius 1 is 1.19 bits per heavy atom. The van der Waals surface area contributed by atoms with E-state index in [1.807, 2.05) is 31.2 Å². The number of nitrogens with zero attached hydrogens (tertiary/aromatic N) is 5. The van der Waals surface area contributed by atoms with E-state index in [9.17, 15) is 9.18 Å². The Hall–Kier alpha value is -3.94. The van der Waals surface area contributed by atoms with Crippen LogP contribution >= 0.6 is 0 Å². The van der Waals surface area contributed by atoms with Crippen LogP contribution in [0.2, 0.25) is 0 Å². The molecular weight excluding hydrogens is 407 g/mol. The van der Waals surface area contributed by atoms with Crippen molar-refractivity contribution in [1.82, 2.24) is 25.3 Å². The SMILES string of the molecule is CCNC(=O)c1cncc(-c2ccc3ncnc(N4CCc5cc(F)c(C)cc54)c3c2)n1. The van der Waals surface area contributed by atoms with E-state index in [1.165, 1.54) is 6.20 Å². The number of carbonyl (C=O) groups is 1. The Labute approximate surface area is 184 Å². The van der Waals surface area contributed by atoms with Gasteiger partial charge in [-0.25, -0.2) is 19.3 Å². The third kappa shape index (κ3) is 3.43. The molecule has 0 fully saturated rings. The number of anilines is 2. The second kappa shape index (κ2) is 7.96. The lowest BCUT2D eigenvalue weighted by Gasteiger charge is -2.20. The van der Waals surface area contributed by atoms with Gasteiger partial charge < -0.3 is 10.2 Å². The van der Waals surface area contributed by atoms with Crippen molar-refractivity contribution in [3.05, 3.63) is 71.7 Å². The summed E-state index contributed by atoms with van der Waals surface area (Å²) in [5.74, 6) is 0.309. The summed E-state index contributed by atoms with van der Waals surface area (Å²) in [6.45, 7) is 4.85. The molecule has 7 nitrogen and oxygen atoms in total. The molecule has 0 radical (unpaired) electrons. The Balaban J connectivity index is 1.60. The fraction of sp³-hybridized carbons (Fsp3) is 0.208. The lowest BCUT2D eigenvalue weighted by atomic mass is 10.1. The zero-order chi connectivity index (χ0) is 22.2. The normalized spacial score (nSPS) is 12.8. The first-order valence-electron chi connectivity index (χ1n) is 10.5. The molecule has 160 valence electrons. The average Bonchev–Trinajstić information content (AvgIpc) is 3.21. The minimum Gasteiger partial charge on any atom is -0.351 e. The molecular formula is C24H21FN6O. The lowest BCUT2D eigenvalue weighted by Crippen LogP contribution is -2.24. The highest BCUT2D eigenvalue weighted by atomic mass is 19.1. The van der Waals surface area contributed by atoms with E-state index in [0.717, 1.165) is 40.0 Å². The van der Waals surface area contributed by atoms with Crippen molar-refractivity contribution in [2.24, 2.45) is 0 Å². The molecule has 0 saturated carbocycles. The molecule has 3 heterocycles. The van der Waals surface area contributed by atoms with Crippen molar-refractivity contribution < 1.29 is 9.18 Å². The molecule has 0 unspecified atom stereocenters. The van der Waals surface area contributed by atoms with Crippen LogP contribution in [0, 0.1) is 12.7 Å². The van der Waals surface area contributed by atoms with Crippen LogP contribution < -0.4 is 10.2 Å². The van der Waals surface area contributed by atoms with Crippen molar-refractivity contribution in [1.29, 1.82) is 0 Å². The number of aryl methyl sites for hydroxylation is 1. The highest BCUT2D eigenvalue weighted by Crippen LogP contribution is 2.38. The van der Waals surface area contributed by atoms with Crippen molar-refractivity contribution in [3.8, 4) is 11.3 Å². The van der Waals surface area contributed by atoms with Gasteiger partial charge in [-0.1, -0.05) is 6.07 Å². The summed E-state index contributed by atoms with van der Waals surface area (Å²) in [6.07, 6.45) is 5.37. The zero-order valence-corrected chi connectivity index (χ0v) is 17.8. The molecule has 2 aromatic heterocycles. The van der Waals surface area contributed by atoms with Crippen LogP contribution in [0.3, 0.4) is 0 Å². The van der Waals surface area contributed by atoms with Gasteiger partial charge in [-0.3, -0.25) is 9.78 Å². The van der Waals surface area contributed by atoms with Gasteiger partial charge in [0.05, 0.1) is 23.6 Å². The van der Waals surface area contributed by atoms with Crippen molar-refractivity contribution in [3.63, 3.8) is 0 Å². The van der Waals surface area contributed by atoms with Gasteiger partial charge in [0.15, 0.2) is 0 Å². The number of aromatic nitrogens is 4. The van der Waals surface area contributed by atoms with Crippen molar-refractivity contribution in [2.45, 2.75) is 20.3 Å². The highest BCUT2D eigenvalue weighted by Gasteiger charge is 2.25. The van der Waals surface area contributed by atoms with Crippen LogP contribution in [0.1, 0.15) is 28.5 Å². The van der Waals surface area contributed by atoms with Gasteiger partial charge in [0.2, 0.25) is 0 Å². The number of amides is 1. The molecule has 0 spiro atoms. The number of hydrogen-bond acceptors (Lipinski definition) is 6. The number of benzene rings is 2. The van der Waals surface area contributed by atoms with Crippen LogP contribution in [0.5, 0.6) is 0 Å². The van der Waals surface area contributed by atoms with E-state index in [0.29, 0.717) is 24.3 Å². The van der Waals surface area contributed by atoms with Crippen LogP contribution in [-0.2, 0) is 6.42 Å². The van der Waals surface area contributed by atoms with Crippen LogP contribution in [0.15, 0.2) is 49.1 Å². The molecule has 1 N–H and O–H groups in total. The van der Waals surface area contributed by atoms with E-state index in [1.54, 1.807) is 25.5 Å². The molecule has 0 saturated heterocycles. The Morgan fingerprint density at radius 3 is 2.91 bits per heavy atom. The van der Waals surface area contributed by atoms with E-state index in [-0.39, 0.29) is 17.4 Å². The predicted molar refractivity (Wildman–Crippen MR) is 120 cm³/mol. The second-order valence-corrected chi connectivity index (χ2v) is 7.71. The fourth-order valence-electron chi connectivity index (χ4n) is 4.01. The largest absolute Gasteiger partial charge is 0.351 e. The maximum atomic E-state index is 14.0. The molecule has 32 heavy (non-hydrogen) atoms. The van der Waals surface area contributed by atoms with Gasteiger partial charge in [-0.2, -0.15) is 0 Å². The van der Waals surface area contributed by atoms with Crippen molar-refractivity contribution >= 4 is 28.3 Å². The van der Waals surface area contributed by atoms with Gasteiger partial charge >= 0.3 is 0 Å². The second-order valence-electron chi connectivity index (χ2n) is 7.71. The van der Waals surface area contributed by atoms with Gasteiger partial charge in [0.25, 0.3) is 5.91 Å². The highest BCUT2D eigenvalue weighted by molar-refractivity contribution is 5.95. The van der Waals surface area contributed by atoms with E-state index >= 15 is 0 Å². The van der Waals surface area contributed by atoms with E-state index < -0.39 is 0 Å². The Bertz CT molecular complexity index is 1360. The summed E-state index contributed by atoms with van der Waals surface area (Å²) < 4.78 is 14.0. The maximum absolute atomic E-state index is 14.0. The molecule has 2 aromatic carbocycles. The van der Waals surface area contributed by atoms with Crippen molar-refractivity contribution in [2.75, 3.05) is 18.0 Å². The van der Waals surface area contributed by atoms with Gasteiger partial charge in [-0.05, 0) is 55.7 Å². The Kier molecular flexibility index (Phi) is 4.97. The number of halogens is 1. The maximum Gasteiger partial charge on any atom is 0.271 e. The number of rotatable bonds is 4. The third-order valence-electron chi connectivity index (χ3n) is 5.63. The molecule has 8 heteroatoms. The summed E-state index contributed by atoms with van der Waals surface area (Å²) in [7, 11) is 0. The summed E-state index contributed by atoms with van der Waals surface area (Å²) in [5.41, 5.74) is 4.99. The minimum atomic E-state index is -0.261. The molecule has 0 atom stereocenters. The summed E-state index contributed by atoms with van der Waals surface area (Å²) >= 11 is 0. The molecule has 1 aliphatic heterocycles. The summed E-state index contributed by atoms with van der Waals surface area (Å²) in [5, 5.41) is 3.59. The van der Waals surface area contributed by atoms with E-state index in [4.69, 9.17) is 0 Å². The molecule has 5 rings (SSSR count). The van der Waals surface area contributed by atoms with Gasteiger partial charge in [-0.15, -0.1) is 0 Å². The molecule has 4 aromatic rings. The molecule has 1 amide bonds. The molecule has 0 bridgehead atoms. The monoisotopic (exact) mass is 428 g/mol. The van der Waals surface area contributed by atoms with Crippen LogP contribution in [0.25, 0.3) is 22.2 Å². The van der Waals surface area contributed by atoms with E-state index in [2.05, 4.69) is 30.2 Å². The third-order valence-corrected chi connectivity index (χ3v) is 5.63. The Morgan fingerprint density at radius 2 is 2.06 bits per heavy atom. The summed E-state index contributed by atoms with van der Waals surface area (Å²) in [6, 6.07) is 9.26. The van der Waals surface area contributed by atoms with Gasteiger partial charge in [0, 0.05) is 29.7 Å². The average molecular weight is 428 g/mol. The molecule has 1 aliphatic rings. The number of hydrogen-bond donors (Lipinski definition) is 1. The number of carbonyl (C=O) groups excluding carboxylic acids is 1. The fourth-order valence-corrected chi connectivity index (χ4v) is 4.01. The van der Waals surface area contributed by atoms with Crippen LogP contribution in [-0.4, -0.2) is 38.9 Å². The quantitative estimate of drug-likeness (QED) is 0.529. The predicted octanol–water partition coefficient (Wildman–Crippen LogP) is 3.98. The first-order chi connectivity index (χ1) is 15.5. The first-order valence-corrected chi connectivity index (χ1v) is 10.5. The summed E-state index contributed by atoms with van der Waals surface area (Å²) in [4.78, 5) is 31.9. The first kappa shape index (κ1) is 20.0. The number of nitrogens with one attached hydrogen (secondary N) is 1. The minimum absolute atomic E-state index is 0.189. The topological polar surface area (TPSA) is 83.9 Å². The number of fused-ring (bicyclic) bond motifs is 2. The lowest BCUT2D eigenvalue weighted by molar-refractivity contribution is 0.0950. The molecule has 0 aliphatic carbocycles. The van der Waals surface area contributed by atoms with Crippen LogP contribution in [0.4, 0.5) is 15.9 Å². The van der Waals surface area contributed by atoms with Gasteiger partial charge in [0.1, 0.15) is 23.7 Å². The standard InChI is InChI=1S/C24H21FN6O/c1-3-27-24(32)21-12-26-11-20(30-21)15-4-5-19-17(9-15)23(29-13-28-19)31-7-6-16-10-18(25)14(2)8-22(16)31/h4-5,8-13H,3,6-7H2,1-2H3,(H,27,32). The zero-order valence-electron chi connectivity index (χ0n) is 17.8. The smallest absolute Gasteiger partial charge is 0.271 e.